The van der Waals surface area contributed by atoms with Crippen LogP contribution >= 0.6 is 0 Å². The summed E-state index contributed by atoms with van der Waals surface area (Å²) in [5.74, 6) is -0.158. The highest BCUT2D eigenvalue weighted by Gasteiger charge is 2.18. The maximum absolute atomic E-state index is 13.5. The molecule has 0 amide bonds. The zero-order chi connectivity index (χ0) is 12.3. The molecule has 0 aliphatic heterocycles. The predicted octanol–water partition coefficient (Wildman–Crippen LogP) is 2.31. The van der Waals surface area contributed by atoms with Crippen molar-refractivity contribution in [2.24, 2.45) is 0 Å². The first-order valence-electron chi connectivity index (χ1n) is 5.15. The summed E-state index contributed by atoms with van der Waals surface area (Å²) in [5, 5.41) is 10.1. The quantitative estimate of drug-likeness (QED) is 0.884. The summed E-state index contributed by atoms with van der Waals surface area (Å²) in [6, 6.07) is 9.41. The largest absolute Gasteiger partial charge is 0.481 e. The van der Waals surface area contributed by atoms with Crippen molar-refractivity contribution in [2.45, 2.75) is 6.10 Å². The lowest BCUT2D eigenvalue weighted by molar-refractivity contribution is 0.208. The molecule has 1 heterocycles. The third-order valence-electron chi connectivity index (χ3n) is 2.49. The SMILES string of the molecule is COc1ncccc1C(O)c1ccccc1F. The molecule has 0 saturated carbocycles. The molecule has 2 aromatic rings. The Bertz CT molecular complexity index is 516. The standard InChI is InChI=1S/C13H12FNO2/c1-17-13-10(6-4-8-15-13)12(16)9-5-2-3-7-11(9)14/h2-8,12,16H,1H3. The number of methoxy groups -OCH3 is 1. The summed E-state index contributed by atoms with van der Waals surface area (Å²) in [7, 11) is 1.46. The number of halogens is 1. The lowest BCUT2D eigenvalue weighted by Gasteiger charge is -2.14. The number of ether oxygens (including phenoxy) is 1. The van der Waals surface area contributed by atoms with Crippen LogP contribution in [0.4, 0.5) is 4.39 Å². The molecular formula is C13H12FNO2. The first-order valence-corrected chi connectivity index (χ1v) is 5.15. The minimum Gasteiger partial charge on any atom is -0.481 e. The van der Waals surface area contributed by atoms with Gasteiger partial charge in [0.2, 0.25) is 5.88 Å². The first kappa shape index (κ1) is 11.5. The van der Waals surface area contributed by atoms with Gasteiger partial charge in [-0.2, -0.15) is 0 Å². The van der Waals surface area contributed by atoms with Crippen LogP contribution in [0.1, 0.15) is 17.2 Å². The van der Waals surface area contributed by atoms with E-state index in [4.69, 9.17) is 4.74 Å². The van der Waals surface area contributed by atoms with Gasteiger partial charge in [-0.15, -0.1) is 0 Å². The smallest absolute Gasteiger partial charge is 0.219 e. The molecule has 17 heavy (non-hydrogen) atoms. The van der Waals surface area contributed by atoms with Gasteiger partial charge in [0.15, 0.2) is 0 Å². The minimum atomic E-state index is -1.08. The molecule has 0 aliphatic carbocycles. The molecular weight excluding hydrogens is 221 g/mol. The van der Waals surface area contributed by atoms with Crippen LogP contribution in [0.3, 0.4) is 0 Å². The fourth-order valence-corrected chi connectivity index (χ4v) is 1.65. The number of pyridine rings is 1. The molecule has 0 aliphatic rings. The van der Waals surface area contributed by atoms with E-state index in [2.05, 4.69) is 4.98 Å². The van der Waals surface area contributed by atoms with Crippen LogP contribution in [0.5, 0.6) is 5.88 Å². The highest BCUT2D eigenvalue weighted by Crippen LogP contribution is 2.29. The van der Waals surface area contributed by atoms with Gasteiger partial charge >= 0.3 is 0 Å². The van der Waals surface area contributed by atoms with Crippen molar-refractivity contribution >= 4 is 0 Å². The molecule has 1 atom stereocenters. The fraction of sp³-hybridized carbons (Fsp3) is 0.154. The Labute approximate surface area is 98.5 Å². The number of hydrogen-bond acceptors (Lipinski definition) is 3. The van der Waals surface area contributed by atoms with E-state index in [1.54, 1.807) is 30.5 Å². The van der Waals surface area contributed by atoms with Gasteiger partial charge in [-0.05, 0) is 18.2 Å². The number of hydrogen-bond donors (Lipinski definition) is 1. The van der Waals surface area contributed by atoms with E-state index in [-0.39, 0.29) is 5.56 Å². The highest BCUT2D eigenvalue weighted by molar-refractivity contribution is 5.36. The summed E-state index contributed by atoms with van der Waals surface area (Å²) in [6.07, 6.45) is 0.469. The van der Waals surface area contributed by atoms with Gasteiger partial charge in [0.25, 0.3) is 0 Å². The second-order valence-electron chi connectivity index (χ2n) is 3.53. The molecule has 1 N–H and O–H groups in total. The van der Waals surface area contributed by atoms with E-state index >= 15 is 0 Å². The fourth-order valence-electron chi connectivity index (χ4n) is 1.65. The van der Waals surface area contributed by atoms with Crippen molar-refractivity contribution in [2.75, 3.05) is 7.11 Å². The lowest BCUT2D eigenvalue weighted by Crippen LogP contribution is -2.05. The molecule has 0 radical (unpaired) electrons. The predicted molar refractivity (Wildman–Crippen MR) is 61.3 cm³/mol. The topological polar surface area (TPSA) is 42.4 Å². The van der Waals surface area contributed by atoms with Crippen LogP contribution in [0.25, 0.3) is 0 Å². The summed E-state index contributed by atoms with van der Waals surface area (Å²) in [4.78, 5) is 3.97. The molecule has 0 saturated heterocycles. The Kier molecular flexibility index (Phi) is 3.35. The maximum atomic E-state index is 13.5. The van der Waals surface area contributed by atoms with Crippen molar-refractivity contribution in [3.63, 3.8) is 0 Å². The van der Waals surface area contributed by atoms with Gasteiger partial charge in [0, 0.05) is 17.3 Å². The van der Waals surface area contributed by atoms with Crippen LogP contribution in [-0.4, -0.2) is 17.2 Å². The first-order chi connectivity index (χ1) is 8.24. The average Bonchev–Trinajstić information content (AvgIpc) is 2.38. The Hall–Kier alpha value is -1.94. The Morgan fingerprint density at radius 2 is 1.88 bits per heavy atom. The number of aliphatic hydroxyl groups is 1. The van der Waals surface area contributed by atoms with Crippen molar-refractivity contribution < 1.29 is 14.2 Å². The van der Waals surface area contributed by atoms with Crippen molar-refractivity contribution in [3.8, 4) is 5.88 Å². The Balaban J connectivity index is 2.44. The van der Waals surface area contributed by atoms with Crippen LogP contribution in [0.2, 0.25) is 0 Å². The van der Waals surface area contributed by atoms with Crippen molar-refractivity contribution in [3.05, 3.63) is 59.5 Å². The van der Waals surface area contributed by atoms with Crippen LogP contribution in [0.15, 0.2) is 42.6 Å². The van der Waals surface area contributed by atoms with Gasteiger partial charge in [0.05, 0.1) is 7.11 Å². The van der Waals surface area contributed by atoms with Gasteiger partial charge in [-0.25, -0.2) is 9.37 Å². The normalized spacial score (nSPS) is 12.2. The Morgan fingerprint density at radius 3 is 2.59 bits per heavy atom. The van der Waals surface area contributed by atoms with Gasteiger partial charge in [-0.1, -0.05) is 18.2 Å². The van der Waals surface area contributed by atoms with E-state index < -0.39 is 11.9 Å². The van der Waals surface area contributed by atoms with Crippen molar-refractivity contribution in [1.82, 2.24) is 4.98 Å². The summed E-state index contributed by atoms with van der Waals surface area (Å²) in [5.41, 5.74) is 0.652. The molecule has 1 aromatic heterocycles. The second kappa shape index (κ2) is 4.93. The number of nitrogens with zero attached hydrogens (tertiary/aromatic N) is 1. The molecule has 0 bridgehead atoms. The zero-order valence-corrected chi connectivity index (χ0v) is 9.30. The molecule has 88 valence electrons. The van der Waals surface area contributed by atoms with E-state index in [0.29, 0.717) is 11.4 Å². The number of aromatic nitrogens is 1. The van der Waals surface area contributed by atoms with E-state index in [9.17, 15) is 9.50 Å². The average molecular weight is 233 g/mol. The molecule has 1 aromatic carbocycles. The minimum absolute atomic E-state index is 0.207. The van der Waals surface area contributed by atoms with E-state index in [1.165, 1.54) is 19.2 Å². The number of rotatable bonds is 3. The van der Waals surface area contributed by atoms with Gasteiger partial charge in [-0.3, -0.25) is 0 Å². The lowest BCUT2D eigenvalue weighted by atomic mass is 10.0. The molecule has 2 rings (SSSR count). The van der Waals surface area contributed by atoms with Crippen LogP contribution < -0.4 is 4.74 Å². The molecule has 0 fully saturated rings. The second-order valence-corrected chi connectivity index (χ2v) is 3.53. The third kappa shape index (κ3) is 2.26. The zero-order valence-electron chi connectivity index (χ0n) is 9.30. The molecule has 0 spiro atoms. The summed E-state index contributed by atoms with van der Waals surface area (Å²) < 4.78 is 18.6. The van der Waals surface area contributed by atoms with E-state index in [0.717, 1.165) is 0 Å². The Morgan fingerprint density at radius 1 is 1.18 bits per heavy atom. The molecule has 4 heteroatoms. The van der Waals surface area contributed by atoms with Gasteiger partial charge in [0.1, 0.15) is 11.9 Å². The molecule has 3 nitrogen and oxygen atoms in total. The number of benzene rings is 1. The van der Waals surface area contributed by atoms with Crippen LogP contribution in [0, 0.1) is 5.82 Å². The maximum Gasteiger partial charge on any atom is 0.219 e. The summed E-state index contributed by atoms with van der Waals surface area (Å²) in [6.45, 7) is 0. The summed E-state index contributed by atoms with van der Waals surface area (Å²) >= 11 is 0. The van der Waals surface area contributed by atoms with Gasteiger partial charge < -0.3 is 9.84 Å². The molecule has 1 unspecified atom stereocenters. The van der Waals surface area contributed by atoms with Crippen molar-refractivity contribution in [1.29, 1.82) is 0 Å². The van der Waals surface area contributed by atoms with E-state index in [1.807, 2.05) is 0 Å². The highest BCUT2D eigenvalue weighted by atomic mass is 19.1. The number of aliphatic hydroxyl groups excluding tert-OH is 1. The van der Waals surface area contributed by atoms with Crippen LogP contribution in [-0.2, 0) is 0 Å². The third-order valence-corrected chi connectivity index (χ3v) is 2.49. The monoisotopic (exact) mass is 233 g/mol.